The number of aromatic nitrogens is 2. The van der Waals surface area contributed by atoms with E-state index in [4.69, 9.17) is 11.6 Å². The molecule has 0 saturated carbocycles. The second-order valence-corrected chi connectivity index (χ2v) is 9.32. The standard InChI is InChI=1S/C20H22ClN5O4S/c1-4-19(27)25-7-8-26(31(3,29)30)17(12-25)14-10-15(24-18(21)11-14)13-5-6-23-16(9-13)20(28)22-2/h4-6,9-11,17H,1,7-8,12H2,2-3H3,(H,22,28)/t17-/m0/s1. The Kier molecular flexibility index (Phi) is 6.73. The van der Waals surface area contributed by atoms with E-state index in [9.17, 15) is 18.0 Å². The lowest BCUT2D eigenvalue weighted by Gasteiger charge is -2.40. The molecule has 3 heterocycles. The largest absolute Gasteiger partial charge is 0.354 e. The molecule has 1 saturated heterocycles. The Bertz CT molecular complexity index is 1140. The van der Waals surface area contributed by atoms with Crippen LogP contribution in [0.25, 0.3) is 11.3 Å². The second-order valence-electron chi connectivity index (χ2n) is 7.00. The van der Waals surface area contributed by atoms with Crippen molar-refractivity contribution in [1.82, 2.24) is 24.5 Å². The minimum absolute atomic E-state index is 0.147. The van der Waals surface area contributed by atoms with Crippen LogP contribution in [-0.4, -0.2) is 72.3 Å². The van der Waals surface area contributed by atoms with Gasteiger partial charge in [0.1, 0.15) is 10.8 Å². The molecule has 1 aliphatic rings. The third-order valence-corrected chi connectivity index (χ3v) is 6.44. The SMILES string of the molecule is C=CC(=O)N1CCN(S(C)(=O)=O)[C@H](c2cc(Cl)nc(-c3ccnc(C(=O)NC)c3)c2)C1. The molecule has 0 aromatic carbocycles. The summed E-state index contributed by atoms with van der Waals surface area (Å²) < 4.78 is 26.2. The third-order valence-electron chi connectivity index (χ3n) is 4.96. The molecule has 0 radical (unpaired) electrons. The van der Waals surface area contributed by atoms with Crippen molar-refractivity contribution >= 4 is 33.4 Å². The molecular formula is C20H22ClN5O4S. The summed E-state index contributed by atoms with van der Waals surface area (Å²) in [4.78, 5) is 34.0. The fraction of sp³-hybridized carbons (Fsp3) is 0.300. The molecule has 0 aliphatic carbocycles. The third kappa shape index (κ3) is 5.09. The summed E-state index contributed by atoms with van der Waals surface area (Å²) in [5.74, 6) is -0.624. The van der Waals surface area contributed by atoms with E-state index in [1.165, 1.54) is 23.6 Å². The zero-order chi connectivity index (χ0) is 22.8. The summed E-state index contributed by atoms with van der Waals surface area (Å²) in [7, 11) is -2.04. The molecule has 3 rings (SSSR count). The monoisotopic (exact) mass is 463 g/mol. The predicted molar refractivity (Wildman–Crippen MR) is 117 cm³/mol. The molecule has 164 valence electrons. The van der Waals surface area contributed by atoms with Gasteiger partial charge in [0.25, 0.3) is 5.91 Å². The van der Waals surface area contributed by atoms with Gasteiger partial charge in [-0.25, -0.2) is 13.4 Å². The van der Waals surface area contributed by atoms with Crippen molar-refractivity contribution in [2.45, 2.75) is 6.04 Å². The number of carbonyl (C=O) groups excluding carboxylic acids is 2. The first kappa shape index (κ1) is 22.9. The molecular weight excluding hydrogens is 442 g/mol. The summed E-state index contributed by atoms with van der Waals surface area (Å²) in [6.45, 7) is 4.07. The van der Waals surface area contributed by atoms with Gasteiger partial charge in [-0.15, -0.1) is 0 Å². The van der Waals surface area contributed by atoms with Gasteiger partial charge in [0, 0.05) is 38.4 Å². The van der Waals surface area contributed by atoms with Crippen molar-refractivity contribution in [3.05, 3.63) is 59.5 Å². The van der Waals surface area contributed by atoms with Crippen LogP contribution in [0.1, 0.15) is 22.1 Å². The molecule has 1 fully saturated rings. The highest BCUT2D eigenvalue weighted by atomic mass is 35.5. The molecule has 2 aromatic rings. The molecule has 2 amide bonds. The molecule has 31 heavy (non-hydrogen) atoms. The van der Waals surface area contributed by atoms with Crippen LogP contribution in [0.15, 0.2) is 43.1 Å². The van der Waals surface area contributed by atoms with E-state index in [1.807, 2.05) is 0 Å². The zero-order valence-electron chi connectivity index (χ0n) is 17.1. The van der Waals surface area contributed by atoms with Crippen LogP contribution in [0.4, 0.5) is 0 Å². The summed E-state index contributed by atoms with van der Waals surface area (Å²) in [5.41, 5.74) is 1.84. The number of pyridine rings is 2. The number of carbonyl (C=O) groups is 2. The van der Waals surface area contributed by atoms with Gasteiger partial charge in [0.2, 0.25) is 15.9 Å². The van der Waals surface area contributed by atoms with Crippen molar-refractivity contribution in [2.24, 2.45) is 0 Å². The summed E-state index contributed by atoms with van der Waals surface area (Å²) in [5, 5.41) is 2.67. The Morgan fingerprint density at radius 2 is 2.03 bits per heavy atom. The number of nitrogens with one attached hydrogen (secondary N) is 1. The van der Waals surface area contributed by atoms with Crippen LogP contribution in [0.3, 0.4) is 0 Å². The number of sulfonamides is 1. The lowest BCUT2D eigenvalue weighted by Crippen LogP contribution is -2.51. The fourth-order valence-electron chi connectivity index (χ4n) is 3.46. The van der Waals surface area contributed by atoms with Crippen LogP contribution in [0, 0.1) is 0 Å². The van der Waals surface area contributed by atoms with E-state index in [1.54, 1.807) is 29.2 Å². The molecule has 0 bridgehead atoms. The summed E-state index contributed by atoms with van der Waals surface area (Å²) in [6.07, 6.45) is 3.82. The number of halogens is 1. The molecule has 11 heteroatoms. The fourth-order valence-corrected chi connectivity index (χ4v) is 4.74. The summed E-state index contributed by atoms with van der Waals surface area (Å²) >= 11 is 6.27. The maximum absolute atomic E-state index is 12.4. The van der Waals surface area contributed by atoms with Crippen molar-refractivity contribution in [3.63, 3.8) is 0 Å². The summed E-state index contributed by atoms with van der Waals surface area (Å²) in [6, 6.07) is 5.89. The number of piperazine rings is 1. The van der Waals surface area contributed by atoms with Gasteiger partial charge >= 0.3 is 0 Å². The van der Waals surface area contributed by atoms with E-state index in [2.05, 4.69) is 21.9 Å². The van der Waals surface area contributed by atoms with Gasteiger partial charge in [0.05, 0.1) is 18.0 Å². The van der Waals surface area contributed by atoms with Gasteiger partial charge < -0.3 is 10.2 Å². The number of hydrogen-bond acceptors (Lipinski definition) is 6. The van der Waals surface area contributed by atoms with Crippen LogP contribution in [0.5, 0.6) is 0 Å². The molecule has 1 N–H and O–H groups in total. The molecule has 0 spiro atoms. The number of rotatable bonds is 5. The van der Waals surface area contributed by atoms with Gasteiger partial charge in [-0.3, -0.25) is 14.6 Å². The zero-order valence-corrected chi connectivity index (χ0v) is 18.7. The minimum atomic E-state index is -3.55. The van der Waals surface area contributed by atoms with Crippen LogP contribution >= 0.6 is 11.6 Å². The lowest BCUT2D eigenvalue weighted by molar-refractivity contribution is -0.128. The Morgan fingerprint density at radius 1 is 1.29 bits per heavy atom. The van der Waals surface area contributed by atoms with E-state index < -0.39 is 16.1 Å². The van der Waals surface area contributed by atoms with E-state index in [0.29, 0.717) is 16.8 Å². The van der Waals surface area contributed by atoms with E-state index >= 15 is 0 Å². The van der Waals surface area contributed by atoms with E-state index in [0.717, 1.165) is 6.26 Å². The smallest absolute Gasteiger partial charge is 0.269 e. The molecule has 1 aliphatic heterocycles. The Morgan fingerprint density at radius 3 is 2.68 bits per heavy atom. The average molecular weight is 464 g/mol. The molecule has 0 unspecified atom stereocenters. The Balaban J connectivity index is 2.06. The lowest BCUT2D eigenvalue weighted by atomic mass is 10.0. The Hall–Kier alpha value is -2.82. The number of hydrogen-bond donors (Lipinski definition) is 1. The topological polar surface area (TPSA) is 113 Å². The van der Waals surface area contributed by atoms with E-state index in [-0.39, 0.29) is 42.3 Å². The predicted octanol–water partition coefficient (Wildman–Crippen LogP) is 1.49. The average Bonchev–Trinajstić information content (AvgIpc) is 2.76. The van der Waals surface area contributed by atoms with Crippen LogP contribution < -0.4 is 5.32 Å². The minimum Gasteiger partial charge on any atom is -0.354 e. The highest BCUT2D eigenvalue weighted by Gasteiger charge is 2.35. The van der Waals surface area contributed by atoms with Crippen molar-refractivity contribution in [1.29, 1.82) is 0 Å². The van der Waals surface area contributed by atoms with Crippen LogP contribution in [0.2, 0.25) is 5.15 Å². The normalized spacial score (nSPS) is 17.3. The first-order chi connectivity index (χ1) is 14.6. The van der Waals surface area contributed by atoms with Gasteiger partial charge in [-0.1, -0.05) is 18.2 Å². The highest BCUT2D eigenvalue weighted by Crippen LogP contribution is 2.32. The van der Waals surface area contributed by atoms with Crippen LogP contribution in [-0.2, 0) is 14.8 Å². The quantitative estimate of drug-likeness (QED) is 0.531. The number of amides is 2. The molecule has 2 aromatic heterocycles. The number of nitrogens with zero attached hydrogens (tertiary/aromatic N) is 4. The Labute approximate surface area is 185 Å². The van der Waals surface area contributed by atoms with Crippen molar-refractivity contribution in [2.75, 3.05) is 32.9 Å². The van der Waals surface area contributed by atoms with Gasteiger partial charge in [0.15, 0.2) is 0 Å². The maximum atomic E-state index is 12.4. The first-order valence-corrected chi connectivity index (χ1v) is 11.6. The molecule has 9 nitrogen and oxygen atoms in total. The maximum Gasteiger partial charge on any atom is 0.269 e. The first-order valence-electron chi connectivity index (χ1n) is 9.38. The van der Waals surface area contributed by atoms with Crippen molar-refractivity contribution < 1.29 is 18.0 Å². The highest BCUT2D eigenvalue weighted by molar-refractivity contribution is 7.88. The van der Waals surface area contributed by atoms with Gasteiger partial charge in [-0.2, -0.15) is 4.31 Å². The molecule has 1 atom stereocenters. The second kappa shape index (κ2) is 9.13. The van der Waals surface area contributed by atoms with Crippen molar-refractivity contribution in [3.8, 4) is 11.3 Å². The van der Waals surface area contributed by atoms with Gasteiger partial charge in [-0.05, 0) is 35.9 Å².